The first-order chi connectivity index (χ1) is 3.06. The number of hydrogen-bond donors (Lipinski definition) is 0. The molecule has 0 rings (SSSR count). The fourth-order valence-electron chi connectivity index (χ4n) is 0.0357. The van der Waals surface area contributed by atoms with Crippen molar-refractivity contribution in [3.8, 4) is 0 Å². The van der Waals surface area contributed by atoms with Crippen molar-refractivity contribution in [2.75, 3.05) is 0 Å². The molecule has 44 valence electrons. The molecular formula is CBrF3S2. The molecule has 0 aliphatic rings. The Morgan fingerprint density at radius 2 is 1.71 bits per heavy atom. The van der Waals surface area contributed by atoms with Crippen LogP contribution in [0.4, 0.5) is 13.2 Å². The highest BCUT2D eigenvalue weighted by Gasteiger charge is 2.28. The van der Waals surface area contributed by atoms with Gasteiger partial charge in [0.05, 0.1) is 0 Å². The summed E-state index contributed by atoms with van der Waals surface area (Å²) in [6, 6.07) is 0. The molecule has 0 aromatic carbocycles. The zero-order chi connectivity index (χ0) is 5.91. The van der Waals surface area contributed by atoms with E-state index in [9.17, 15) is 13.2 Å². The predicted molar refractivity (Wildman–Crippen MR) is 30.2 cm³/mol. The number of rotatable bonds is 1. The van der Waals surface area contributed by atoms with Gasteiger partial charge in [0.15, 0.2) is 0 Å². The molecule has 0 N–H and O–H groups in total. The summed E-state index contributed by atoms with van der Waals surface area (Å²) >= 11 is 2.54. The lowest BCUT2D eigenvalue weighted by molar-refractivity contribution is -0.0310. The minimum absolute atomic E-state index is 0.178. The smallest absolute Gasteiger partial charge is 0.160 e. The molecule has 0 aliphatic heterocycles. The summed E-state index contributed by atoms with van der Waals surface area (Å²) < 4.78 is 32.9. The number of hydrogen-bond acceptors (Lipinski definition) is 2. The minimum atomic E-state index is -4.12. The summed E-state index contributed by atoms with van der Waals surface area (Å²) in [6.45, 7) is 0. The quantitative estimate of drug-likeness (QED) is 0.613. The summed E-state index contributed by atoms with van der Waals surface area (Å²) in [5, 5.41) is 0. The van der Waals surface area contributed by atoms with E-state index in [-0.39, 0.29) is 10.8 Å². The average Bonchev–Trinajstić information content (AvgIpc) is 1.30. The standard InChI is InChI=1S/CBrF3S2/c2-7-6-1(3,4)5. The largest absolute Gasteiger partial charge is 0.452 e. The fraction of sp³-hybridized carbons (Fsp3) is 1.00. The lowest BCUT2D eigenvalue weighted by Crippen LogP contribution is -1.94. The van der Waals surface area contributed by atoms with Crippen LogP contribution in [0.5, 0.6) is 0 Å². The summed E-state index contributed by atoms with van der Waals surface area (Å²) in [6.07, 6.45) is 0. The van der Waals surface area contributed by atoms with Gasteiger partial charge in [0.1, 0.15) is 0 Å². The lowest BCUT2D eigenvalue weighted by Gasteiger charge is -1.97. The first kappa shape index (κ1) is 7.97. The highest BCUT2D eigenvalue weighted by molar-refractivity contribution is 9.61. The third-order valence-electron chi connectivity index (χ3n) is 0.126. The molecule has 7 heavy (non-hydrogen) atoms. The van der Waals surface area contributed by atoms with Gasteiger partial charge in [-0.15, -0.1) is 0 Å². The van der Waals surface area contributed by atoms with Crippen molar-refractivity contribution in [2.45, 2.75) is 5.51 Å². The second kappa shape index (κ2) is 3.09. The van der Waals surface area contributed by atoms with Crippen LogP contribution in [0.3, 0.4) is 0 Å². The topological polar surface area (TPSA) is 0 Å². The maximum Gasteiger partial charge on any atom is 0.452 e. The van der Waals surface area contributed by atoms with E-state index < -0.39 is 5.51 Å². The Morgan fingerprint density at radius 1 is 1.29 bits per heavy atom. The van der Waals surface area contributed by atoms with Gasteiger partial charge in [0.2, 0.25) is 0 Å². The summed E-state index contributed by atoms with van der Waals surface area (Å²) in [7, 11) is 0.334. The predicted octanol–water partition coefficient (Wildman–Crippen LogP) is 3.20. The van der Waals surface area contributed by atoms with Crippen molar-refractivity contribution < 1.29 is 13.2 Å². The van der Waals surface area contributed by atoms with Gasteiger partial charge in [-0.2, -0.15) is 13.2 Å². The Morgan fingerprint density at radius 3 is 1.71 bits per heavy atom. The molecule has 0 fully saturated rings. The maximum atomic E-state index is 11.0. The van der Waals surface area contributed by atoms with Crippen LogP contribution in [0.15, 0.2) is 0 Å². The number of alkyl halides is 3. The molecule has 0 saturated carbocycles. The van der Waals surface area contributed by atoms with Gasteiger partial charge < -0.3 is 0 Å². The Hall–Kier alpha value is 0.970. The summed E-state index contributed by atoms with van der Waals surface area (Å²) in [4.78, 5) is 0. The van der Waals surface area contributed by atoms with Crippen LogP contribution < -0.4 is 0 Å². The first-order valence-electron chi connectivity index (χ1n) is 1.09. The van der Waals surface area contributed by atoms with Crippen LogP contribution in [-0.4, -0.2) is 5.51 Å². The molecule has 0 amide bonds. The minimum Gasteiger partial charge on any atom is -0.160 e. The molecule has 0 atom stereocenters. The van der Waals surface area contributed by atoms with Crippen molar-refractivity contribution in [3.63, 3.8) is 0 Å². The molecular weight excluding hydrogens is 213 g/mol. The van der Waals surface area contributed by atoms with Crippen molar-refractivity contribution in [1.29, 1.82) is 0 Å². The molecule has 0 aliphatic carbocycles. The molecule has 0 unspecified atom stereocenters. The summed E-state index contributed by atoms with van der Waals surface area (Å²) in [5.74, 6) is 0. The molecule has 0 nitrogen and oxygen atoms in total. The second-order valence-corrected chi connectivity index (χ2v) is 4.60. The monoisotopic (exact) mass is 212 g/mol. The maximum absolute atomic E-state index is 11.0. The van der Waals surface area contributed by atoms with E-state index in [2.05, 4.69) is 14.8 Å². The van der Waals surface area contributed by atoms with Gasteiger partial charge in [-0.05, 0) is 9.23 Å². The zero-order valence-electron chi connectivity index (χ0n) is 2.83. The van der Waals surface area contributed by atoms with Gasteiger partial charge in [0.25, 0.3) is 0 Å². The van der Waals surface area contributed by atoms with E-state index >= 15 is 0 Å². The van der Waals surface area contributed by atoms with Gasteiger partial charge in [0, 0.05) is 25.6 Å². The molecule has 0 radical (unpaired) electrons. The van der Waals surface area contributed by atoms with Crippen LogP contribution in [0.2, 0.25) is 0 Å². The van der Waals surface area contributed by atoms with Crippen molar-refractivity contribution in [3.05, 3.63) is 0 Å². The van der Waals surface area contributed by atoms with Crippen LogP contribution in [0.1, 0.15) is 0 Å². The van der Waals surface area contributed by atoms with Crippen LogP contribution in [-0.2, 0) is 0 Å². The van der Waals surface area contributed by atoms with Gasteiger partial charge in [-0.25, -0.2) is 0 Å². The highest BCUT2D eigenvalue weighted by atomic mass is 79.9. The number of halogens is 4. The Labute approximate surface area is 53.8 Å². The molecule has 0 aromatic rings. The van der Waals surface area contributed by atoms with Gasteiger partial charge in [-0.1, -0.05) is 0 Å². The van der Waals surface area contributed by atoms with Crippen molar-refractivity contribution in [1.82, 2.24) is 0 Å². The van der Waals surface area contributed by atoms with Crippen molar-refractivity contribution >= 4 is 34.8 Å². The highest BCUT2D eigenvalue weighted by Crippen LogP contribution is 2.42. The molecule has 6 heteroatoms. The molecule has 0 saturated heterocycles. The zero-order valence-corrected chi connectivity index (χ0v) is 6.05. The fourth-order valence-corrected chi connectivity index (χ4v) is 1.67. The van der Waals surface area contributed by atoms with Crippen LogP contribution in [0, 0.1) is 0 Å². The molecule has 0 heterocycles. The van der Waals surface area contributed by atoms with E-state index in [0.29, 0.717) is 9.23 Å². The average molecular weight is 213 g/mol. The molecule has 0 spiro atoms. The Kier molecular flexibility index (Phi) is 3.52. The molecule has 0 aromatic heterocycles. The van der Waals surface area contributed by atoms with E-state index in [1.165, 1.54) is 0 Å². The Bertz CT molecular complexity index is 51.4. The van der Waals surface area contributed by atoms with E-state index in [1.54, 1.807) is 0 Å². The third kappa shape index (κ3) is 6.97. The van der Waals surface area contributed by atoms with Gasteiger partial charge >= 0.3 is 5.51 Å². The Balaban J connectivity index is 3.15. The van der Waals surface area contributed by atoms with Crippen LogP contribution in [0.25, 0.3) is 0 Å². The van der Waals surface area contributed by atoms with E-state index in [0.717, 1.165) is 0 Å². The SMILES string of the molecule is FC(F)(F)SSBr. The van der Waals surface area contributed by atoms with Crippen LogP contribution >= 0.6 is 34.8 Å². The molecule has 0 bridgehead atoms. The van der Waals surface area contributed by atoms with Crippen molar-refractivity contribution in [2.24, 2.45) is 0 Å². The summed E-state index contributed by atoms with van der Waals surface area (Å²) in [5.41, 5.74) is -4.12. The second-order valence-electron chi connectivity index (χ2n) is 0.592. The third-order valence-corrected chi connectivity index (χ3v) is 2.32. The van der Waals surface area contributed by atoms with E-state index in [4.69, 9.17) is 0 Å². The first-order valence-corrected chi connectivity index (χ1v) is 5.08. The van der Waals surface area contributed by atoms with E-state index in [1.807, 2.05) is 0 Å². The normalized spacial score (nSPS) is 12.0. The lowest BCUT2D eigenvalue weighted by atomic mass is 11.6. The van der Waals surface area contributed by atoms with Gasteiger partial charge in [-0.3, -0.25) is 0 Å².